The number of hydroxylamine groups is 2. The number of carbonyl (C=O) groups is 6. The molecule has 11 heteroatoms. The number of hydrogen-bond donors (Lipinski definition) is 0. The highest BCUT2D eigenvalue weighted by molar-refractivity contribution is 6.12. The lowest BCUT2D eigenvalue weighted by atomic mass is 10.3. The maximum absolute atomic E-state index is 11.9. The number of hydrogen-bond acceptors (Lipinski definition) is 9. The summed E-state index contributed by atoms with van der Waals surface area (Å²) in [6.07, 6.45) is 0.333. The number of amides is 4. The van der Waals surface area contributed by atoms with Crippen molar-refractivity contribution in [2.75, 3.05) is 6.54 Å². The van der Waals surface area contributed by atoms with Crippen LogP contribution in [0, 0.1) is 0 Å². The molecule has 0 N–H and O–H groups in total. The van der Waals surface area contributed by atoms with Gasteiger partial charge in [-0.15, -0.1) is 0 Å². The highest BCUT2D eigenvalue weighted by atomic mass is 16.9. The fourth-order valence-corrected chi connectivity index (χ4v) is 2.48. The van der Waals surface area contributed by atoms with E-state index in [-0.39, 0.29) is 38.6 Å². The van der Waals surface area contributed by atoms with E-state index >= 15 is 0 Å². The van der Waals surface area contributed by atoms with Crippen molar-refractivity contribution in [3.63, 3.8) is 0 Å². The summed E-state index contributed by atoms with van der Waals surface area (Å²) >= 11 is 0. The van der Waals surface area contributed by atoms with Crippen molar-refractivity contribution in [3.8, 4) is 0 Å². The van der Waals surface area contributed by atoms with E-state index in [9.17, 15) is 28.8 Å². The second-order valence-electron chi connectivity index (χ2n) is 6.01. The highest BCUT2D eigenvalue weighted by Crippen LogP contribution is 2.15. The van der Waals surface area contributed by atoms with E-state index in [0.29, 0.717) is 11.5 Å². The molecule has 1 fully saturated rings. The molecule has 0 saturated carbocycles. The van der Waals surface area contributed by atoms with Gasteiger partial charge in [0, 0.05) is 44.4 Å². The van der Waals surface area contributed by atoms with Gasteiger partial charge >= 0.3 is 12.1 Å². The van der Waals surface area contributed by atoms with Crippen molar-refractivity contribution in [3.05, 3.63) is 12.2 Å². The Morgan fingerprint density at radius 2 is 1.64 bits per heavy atom. The second-order valence-corrected chi connectivity index (χ2v) is 6.01. The number of nitrogens with zero attached hydrogens (tertiary/aromatic N) is 2. The average molecular weight is 396 g/mol. The summed E-state index contributed by atoms with van der Waals surface area (Å²) in [5.41, 5.74) is 0. The zero-order valence-corrected chi connectivity index (χ0v) is 15.3. The molecular weight excluding hydrogens is 376 g/mol. The molecule has 2 aliphatic heterocycles. The SMILES string of the molecule is CCCC(OC(=O)CCCN1C(=O)C=CC1=O)OC(=O)ON1C(=O)CCC1=O. The third-order valence-electron chi connectivity index (χ3n) is 3.85. The van der Waals surface area contributed by atoms with Crippen molar-refractivity contribution in [2.45, 2.75) is 51.7 Å². The van der Waals surface area contributed by atoms with E-state index in [1.165, 1.54) is 0 Å². The first-order valence-corrected chi connectivity index (χ1v) is 8.79. The van der Waals surface area contributed by atoms with Gasteiger partial charge < -0.3 is 9.47 Å². The average Bonchev–Trinajstić information content (AvgIpc) is 3.11. The summed E-state index contributed by atoms with van der Waals surface area (Å²) in [5, 5.41) is 0.325. The lowest BCUT2D eigenvalue weighted by Gasteiger charge is -2.19. The molecule has 0 aromatic rings. The number of rotatable bonds is 9. The van der Waals surface area contributed by atoms with Gasteiger partial charge in [-0.2, -0.15) is 0 Å². The van der Waals surface area contributed by atoms with Crippen molar-refractivity contribution < 1.29 is 43.1 Å². The maximum atomic E-state index is 11.9. The van der Waals surface area contributed by atoms with Gasteiger partial charge in [0.15, 0.2) is 0 Å². The largest absolute Gasteiger partial charge is 0.537 e. The monoisotopic (exact) mass is 396 g/mol. The van der Waals surface area contributed by atoms with Gasteiger partial charge in [-0.25, -0.2) is 4.79 Å². The van der Waals surface area contributed by atoms with Crippen LogP contribution in [0.4, 0.5) is 4.79 Å². The number of ether oxygens (including phenoxy) is 2. The van der Waals surface area contributed by atoms with E-state index in [1.807, 2.05) is 0 Å². The molecule has 0 radical (unpaired) electrons. The number of carbonyl (C=O) groups excluding carboxylic acids is 6. The molecule has 11 nitrogen and oxygen atoms in total. The van der Waals surface area contributed by atoms with Gasteiger partial charge in [-0.05, 0) is 12.8 Å². The third kappa shape index (κ3) is 5.63. The highest BCUT2D eigenvalue weighted by Gasteiger charge is 2.34. The smallest absolute Gasteiger partial charge is 0.425 e. The van der Waals surface area contributed by atoms with E-state index in [4.69, 9.17) is 9.47 Å². The summed E-state index contributed by atoms with van der Waals surface area (Å²) in [4.78, 5) is 74.9. The standard InChI is InChI=1S/C17H20N2O9/c1-2-4-16(27-17(25)28-19-13(22)8-9-14(19)23)26-15(24)5-3-10-18-11(20)6-7-12(18)21/h6-7,16H,2-5,8-10H2,1H3. The zero-order valence-electron chi connectivity index (χ0n) is 15.3. The molecule has 0 aromatic heterocycles. The first-order chi connectivity index (χ1) is 13.3. The van der Waals surface area contributed by atoms with Crippen LogP contribution in [0.2, 0.25) is 0 Å². The fourth-order valence-electron chi connectivity index (χ4n) is 2.48. The molecule has 2 rings (SSSR count). The van der Waals surface area contributed by atoms with Gasteiger partial charge in [0.05, 0.1) is 0 Å². The molecule has 0 bridgehead atoms. The summed E-state index contributed by atoms with van der Waals surface area (Å²) in [6.45, 7) is 1.82. The molecule has 4 amide bonds. The molecular formula is C17H20N2O9. The van der Waals surface area contributed by atoms with Crippen LogP contribution in [0.15, 0.2) is 12.2 Å². The Hall–Kier alpha value is -3.24. The predicted octanol–water partition coefficient (Wildman–Crippen LogP) is 0.578. The van der Waals surface area contributed by atoms with E-state index in [0.717, 1.165) is 17.1 Å². The molecule has 0 aliphatic carbocycles. The Labute approximate surface area is 160 Å². The normalized spacial score (nSPS) is 17.3. The van der Waals surface area contributed by atoms with Crippen LogP contribution in [0.1, 0.15) is 45.4 Å². The van der Waals surface area contributed by atoms with Crippen LogP contribution in [-0.4, -0.2) is 58.6 Å². The van der Waals surface area contributed by atoms with Crippen molar-refractivity contribution in [2.24, 2.45) is 0 Å². The van der Waals surface area contributed by atoms with Gasteiger partial charge in [0.2, 0.25) is 0 Å². The van der Waals surface area contributed by atoms with Crippen LogP contribution in [0.3, 0.4) is 0 Å². The Balaban J connectivity index is 1.76. The van der Waals surface area contributed by atoms with Crippen molar-refractivity contribution >= 4 is 35.8 Å². The molecule has 1 unspecified atom stereocenters. The van der Waals surface area contributed by atoms with E-state index in [1.54, 1.807) is 6.92 Å². The summed E-state index contributed by atoms with van der Waals surface area (Å²) in [6, 6.07) is 0. The molecule has 2 aliphatic rings. The fraction of sp³-hybridized carbons (Fsp3) is 0.529. The second kappa shape index (κ2) is 9.62. The molecule has 2 heterocycles. The van der Waals surface area contributed by atoms with Gasteiger partial charge in [-0.3, -0.25) is 33.7 Å². The topological polar surface area (TPSA) is 137 Å². The molecule has 152 valence electrons. The van der Waals surface area contributed by atoms with Crippen LogP contribution in [-0.2, 0) is 38.3 Å². The Morgan fingerprint density at radius 1 is 1.04 bits per heavy atom. The quantitative estimate of drug-likeness (QED) is 0.311. The molecule has 1 saturated heterocycles. The van der Waals surface area contributed by atoms with E-state index < -0.39 is 42.0 Å². The summed E-state index contributed by atoms with van der Waals surface area (Å²) in [7, 11) is 0. The molecule has 0 aromatic carbocycles. The zero-order chi connectivity index (χ0) is 20.7. The Bertz CT molecular complexity index is 681. The lowest BCUT2D eigenvalue weighted by Crippen LogP contribution is -2.34. The van der Waals surface area contributed by atoms with Gasteiger partial charge in [-0.1, -0.05) is 12.0 Å². The van der Waals surface area contributed by atoms with Gasteiger partial charge in [0.25, 0.3) is 29.9 Å². The predicted molar refractivity (Wildman–Crippen MR) is 88.5 cm³/mol. The third-order valence-corrected chi connectivity index (χ3v) is 3.85. The van der Waals surface area contributed by atoms with Crippen LogP contribution in [0.5, 0.6) is 0 Å². The molecule has 1 atom stereocenters. The number of imide groups is 2. The minimum absolute atomic E-state index is 0.0558. The Morgan fingerprint density at radius 3 is 2.21 bits per heavy atom. The molecule has 28 heavy (non-hydrogen) atoms. The first-order valence-electron chi connectivity index (χ1n) is 8.79. The van der Waals surface area contributed by atoms with Crippen molar-refractivity contribution in [1.29, 1.82) is 0 Å². The van der Waals surface area contributed by atoms with Crippen molar-refractivity contribution in [1.82, 2.24) is 9.96 Å². The summed E-state index contributed by atoms with van der Waals surface area (Å²) < 4.78 is 9.90. The van der Waals surface area contributed by atoms with Crippen LogP contribution < -0.4 is 0 Å². The van der Waals surface area contributed by atoms with Crippen LogP contribution >= 0.6 is 0 Å². The van der Waals surface area contributed by atoms with E-state index in [2.05, 4.69) is 4.84 Å². The van der Waals surface area contributed by atoms with Gasteiger partial charge in [0.1, 0.15) is 0 Å². The molecule has 0 spiro atoms. The Kier molecular flexibility index (Phi) is 7.24. The minimum Gasteiger partial charge on any atom is -0.425 e. The minimum atomic E-state index is -1.34. The summed E-state index contributed by atoms with van der Waals surface area (Å²) in [5.74, 6) is -2.91. The first kappa shape index (κ1) is 21.1. The maximum Gasteiger partial charge on any atom is 0.537 e. The van der Waals surface area contributed by atoms with Crippen LogP contribution in [0.25, 0.3) is 0 Å². The lowest BCUT2D eigenvalue weighted by molar-refractivity contribution is -0.194. The number of esters is 1.